The number of carbonyl (C=O) groups excluding carboxylic acids is 1. The maximum atomic E-state index is 12.5. The zero-order chi connectivity index (χ0) is 19.7. The van der Waals surface area contributed by atoms with Gasteiger partial charge >= 0.3 is 0 Å². The van der Waals surface area contributed by atoms with Gasteiger partial charge in [-0.15, -0.1) is 6.58 Å². The Bertz CT molecular complexity index is 1010. The van der Waals surface area contributed by atoms with Gasteiger partial charge in [-0.3, -0.25) is 19.8 Å². The quantitative estimate of drug-likeness (QED) is 0.245. The second-order valence-corrected chi connectivity index (χ2v) is 7.70. The standard InChI is InChI=1S/C19H17N3O3S2/c1-4-8-20-18(23)17(27-19(20)26)10-14-9-12(2)21(13(14)3)15-6-5-7-16(11-15)22(24)25/h4-7,9-11H,1,8H2,2-3H3/b17-10-. The molecule has 6 nitrogen and oxygen atoms in total. The topological polar surface area (TPSA) is 68.4 Å². The number of nitrogens with zero attached hydrogens (tertiary/aromatic N) is 3. The number of amides is 1. The predicted octanol–water partition coefficient (Wildman–Crippen LogP) is 4.39. The lowest BCUT2D eigenvalue weighted by Crippen LogP contribution is -2.27. The van der Waals surface area contributed by atoms with Gasteiger partial charge in [0.1, 0.15) is 4.32 Å². The molecule has 2 aromatic rings. The number of nitro groups is 1. The zero-order valence-electron chi connectivity index (χ0n) is 14.8. The van der Waals surface area contributed by atoms with Crippen LogP contribution in [0.2, 0.25) is 0 Å². The Morgan fingerprint density at radius 1 is 1.33 bits per heavy atom. The molecule has 1 aliphatic heterocycles. The molecule has 1 aromatic carbocycles. The van der Waals surface area contributed by atoms with Crippen molar-refractivity contribution in [3.63, 3.8) is 0 Å². The van der Waals surface area contributed by atoms with E-state index in [9.17, 15) is 14.9 Å². The third-order valence-corrected chi connectivity index (χ3v) is 5.62. The Balaban J connectivity index is 2.01. The van der Waals surface area contributed by atoms with Crippen molar-refractivity contribution in [2.24, 2.45) is 0 Å². The Kier molecular flexibility index (Phi) is 5.29. The van der Waals surface area contributed by atoms with Gasteiger partial charge in [0.2, 0.25) is 0 Å². The third-order valence-electron chi connectivity index (χ3n) is 4.24. The van der Waals surface area contributed by atoms with Gasteiger partial charge in [0.05, 0.1) is 15.5 Å². The van der Waals surface area contributed by atoms with Crippen LogP contribution in [0.1, 0.15) is 17.0 Å². The van der Waals surface area contributed by atoms with Crippen molar-refractivity contribution in [1.29, 1.82) is 0 Å². The highest BCUT2D eigenvalue weighted by atomic mass is 32.2. The normalized spacial score (nSPS) is 15.6. The fraction of sp³-hybridized carbons (Fsp3) is 0.158. The summed E-state index contributed by atoms with van der Waals surface area (Å²) in [5.41, 5.74) is 3.42. The first-order valence-electron chi connectivity index (χ1n) is 8.13. The second kappa shape index (κ2) is 7.50. The van der Waals surface area contributed by atoms with Crippen LogP contribution in [-0.2, 0) is 4.79 Å². The van der Waals surface area contributed by atoms with Crippen LogP contribution in [0.5, 0.6) is 0 Å². The molecule has 1 amide bonds. The molecular formula is C19H17N3O3S2. The largest absolute Gasteiger partial charge is 0.318 e. The fourth-order valence-corrected chi connectivity index (χ4v) is 4.27. The number of thiocarbonyl (C=S) groups is 1. The number of hydrogen-bond acceptors (Lipinski definition) is 5. The van der Waals surface area contributed by atoms with Crippen LogP contribution in [0.25, 0.3) is 11.8 Å². The number of nitro benzene ring substituents is 1. The van der Waals surface area contributed by atoms with E-state index in [1.54, 1.807) is 12.1 Å². The Morgan fingerprint density at radius 3 is 2.74 bits per heavy atom. The number of aryl methyl sites for hydroxylation is 1. The first-order chi connectivity index (χ1) is 12.8. The number of carbonyl (C=O) groups is 1. The summed E-state index contributed by atoms with van der Waals surface area (Å²) in [5.74, 6) is -0.134. The lowest BCUT2D eigenvalue weighted by Gasteiger charge is -2.10. The molecule has 1 saturated heterocycles. The molecule has 0 N–H and O–H groups in total. The van der Waals surface area contributed by atoms with Gasteiger partial charge in [0, 0.05) is 30.1 Å². The number of rotatable bonds is 5. The monoisotopic (exact) mass is 399 g/mol. The highest BCUT2D eigenvalue weighted by Crippen LogP contribution is 2.34. The molecule has 0 aliphatic carbocycles. The molecule has 8 heteroatoms. The summed E-state index contributed by atoms with van der Waals surface area (Å²) in [7, 11) is 0. The highest BCUT2D eigenvalue weighted by Gasteiger charge is 2.31. The molecule has 1 aliphatic rings. The van der Waals surface area contributed by atoms with Gasteiger partial charge < -0.3 is 4.57 Å². The van der Waals surface area contributed by atoms with Gasteiger partial charge in [-0.1, -0.05) is 36.1 Å². The molecule has 0 unspecified atom stereocenters. The molecule has 138 valence electrons. The van der Waals surface area contributed by atoms with Crippen molar-refractivity contribution in [3.8, 4) is 5.69 Å². The maximum absolute atomic E-state index is 12.5. The van der Waals surface area contributed by atoms with Crippen LogP contribution in [0.3, 0.4) is 0 Å². The van der Waals surface area contributed by atoms with Crippen LogP contribution in [0, 0.1) is 24.0 Å². The summed E-state index contributed by atoms with van der Waals surface area (Å²) >= 11 is 6.53. The third kappa shape index (κ3) is 3.58. The number of thioether (sulfide) groups is 1. The Labute approximate surface area is 166 Å². The lowest BCUT2D eigenvalue weighted by atomic mass is 10.2. The van der Waals surface area contributed by atoms with E-state index in [2.05, 4.69) is 6.58 Å². The summed E-state index contributed by atoms with van der Waals surface area (Å²) < 4.78 is 2.45. The van der Waals surface area contributed by atoms with Gasteiger partial charge in [0.15, 0.2) is 0 Å². The number of non-ortho nitro benzene ring substituents is 1. The van der Waals surface area contributed by atoms with Crippen LogP contribution >= 0.6 is 24.0 Å². The van der Waals surface area contributed by atoms with Crippen LogP contribution in [0.15, 0.2) is 47.9 Å². The van der Waals surface area contributed by atoms with Gasteiger partial charge in [-0.2, -0.15) is 0 Å². The van der Waals surface area contributed by atoms with Crippen molar-refractivity contribution in [1.82, 2.24) is 9.47 Å². The van der Waals surface area contributed by atoms with Crippen LogP contribution in [-0.4, -0.2) is 31.2 Å². The lowest BCUT2D eigenvalue weighted by molar-refractivity contribution is -0.384. The van der Waals surface area contributed by atoms with Crippen molar-refractivity contribution >= 4 is 46.0 Å². The van der Waals surface area contributed by atoms with Crippen LogP contribution < -0.4 is 0 Å². The molecule has 27 heavy (non-hydrogen) atoms. The zero-order valence-corrected chi connectivity index (χ0v) is 16.5. The van der Waals surface area contributed by atoms with Crippen LogP contribution in [0.4, 0.5) is 5.69 Å². The van der Waals surface area contributed by atoms with E-state index in [4.69, 9.17) is 12.2 Å². The smallest absolute Gasteiger partial charge is 0.271 e. The van der Waals surface area contributed by atoms with Gasteiger partial charge in [0.25, 0.3) is 11.6 Å². The maximum Gasteiger partial charge on any atom is 0.271 e. The first kappa shape index (κ1) is 19.1. The van der Waals surface area contributed by atoms with Crippen molar-refractivity contribution < 1.29 is 9.72 Å². The molecule has 1 fully saturated rings. The molecule has 0 radical (unpaired) electrons. The van der Waals surface area contributed by atoms with E-state index in [0.717, 1.165) is 17.0 Å². The highest BCUT2D eigenvalue weighted by molar-refractivity contribution is 8.26. The minimum absolute atomic E-state index is 0.0341. The van der Waals surface area contributed by atoms with Gasteiger partial charge in [-0.25, -0.2) is 0 Å². The van der Waals surface area contributed by atoms with Crippen molar-refractivity contribution in [3.05, 3.63) is 75.0 Å². The summed E-state index contributed by atoms with van der Waals surface area (Å²) in [6.45, 7) is 7.88. The van der Waals surface area contributed by atoms with E-state index in [-0.39, 0.29) is 11.6 Å². The van der Waals surface area contributed by atoms with E-state index >= 15 is 0 Å². The van der Waals surface area contributed by atoms with E-state index in [1.165, 1.54) is 28.8 Å². The second-order valence-electron chi connectivity index (χ2n) is 6.02. The molecule has 1 aromatic heterocycles. The summed E-state index contributed by atoms with van der Waals surface area (Å²) in [4.78, 5) is 25.2. The minimum atomic E-state index is -0.413. The molecule has 0 atom stereocenters. The van der Waals surface area contributed by atoms with Crippen molar-refractivity contribution in [2.45, 2.75) is 13.8 Å². The van der Waals surface area contributed by atoms with Crippen molar-refractivity contribution in [2.75, 3.05) is 6.54 Å². The van der Waals surface area contributed by atoms with E-state index in [1.807, 2.05) is 36.6 Å². The number of hydrogen-bond donors (Lipinski definition) is 0. The predicted molar refractivity (Wildman–Crippen MR) is 112 cm³/mol. The molecule has 0 bridgehead atoms. The average Bonchev–Trinajstić information content (AvgIpc) is 3.05. The first-order valence-corrected chi connectivity index (χ1v) is 9.36. The SMILES string of the molecule is C=CCN1C(=O)/C(=C/c2cc(C)n(-c3cccc([N+](=O)[O-])c3)c2C)SC1=S. The fourth-order valence-electron chi connectivity index (χ4n) is 3.00. The number of benzene rings is 1. The summed E-state index contributed by atoms with van der Waals surface area (Å²) in [6.07, 6.45) is 3.46. The molecule has 0 spiro atoms. The summed E-state index contributed by atoms with van der Waals surface area (Å²) in [5, 5.41) is 11.1. The van der Waals surface area contributed by atoms with E-state index < -0.39 is 4.92 Å². The Hall–Kier alpha value is -2.71. The molecule has 3 rings (SSSR count). The molecule has 2 heterocycles. The van der Waals surface area contributed by atoms with Gasteiger partial charge in [-0.05, 0) is 37.6 Å². The number of aromatic nitrogens is 1. The minimum Gasteiger partial charge on any atom is -0.318 e. The van der Waals surface area contributed by atoms with E-state index in [0.29, 0.717) is 21.5 Å². The Morgan fingerprint density at radius 2 is 2.07 bits per heavy atom. The molecular weight excluding hydrogens is 382 g/mol. The summed E-state index contributed by atoms with van der Waals surface area (Å²) in [6, 6.07) is 8.43. The average molecular weight is 399 g/mol. The molecule has 0 saturated carbocycles.